The predicted molar refractivity (Wildman–Crippen MR) is 54.7 cm³/mol. The lowest BCUT2D eigenvalue weighted by atomic mass is 10.1. The van der Waals surface area contributed by atoms with E-state index in [9.17, 15) is 0 Å². The molecule has 0 aromatic carbocycles. The van der Waals surface area contributed by atoms with Crippen LogP contribution in [0, 0.1) is 0 Å². The van der Waals surface area contributed by atoms with Gasteiger partial charge in [-0.2, -0.15) is 4.79 Å². The Morgan fingerprint density at radius 2 is 2.29 bits per heavy atom. The highest BCUT2D eigenvalue weighted by molar-refractivity contribution is 5.93. The van der Waals surface area contributed by atoms with Crippen LogP contribution >= 0.6 is 0 Å². The Labute approximate surface area is 84.1 Å². The van der Waals surface area contributed by atoms with Gasteiger partial charge in [0, 0.05) is 14.1 Å². The molecule has 4 heteroatoms. The molecule has 76 valence electrons. The van der Waals surface area contributed by atoms with Crippen molar-refractivity contribution in [2.75, 3.05) is 20.7 Å². The van der Waals surface area contributed by atoms with E-state index in [1.165, 1.54) is 0 Å². The molecule has 0 saturated heterocycles. The second-order valence-corrected chi connectivity index (χ2v) is 3.22. The van der Waals surface area contributed by atoms with Crippen molar-refractivity contribution in [3.8, 4) is 0 Å². The van der Waals surface area contributed by atoms with Crippen LogP contribution in [0.25, 0.3) is 5.53 Å². The van der Waals surface area contributed by atoms with Crippen LogP contribution in [-0.4, -0.2) is 36.1 Å². The van der Waals surface area contributed by atoms with Gasteiger partial charge in [-0.1, -0.05) is 0 Å². The summed E-state index contributed by atoms with van der Waals surface area (Å²) in [4.78, 5) is 5.15. The van der Waals surface area contributed by atoms with Crippen LogP contribution in [0.15, 0.2) is 23.6 Å². The van der Waals surface area contributed by atoms with E-state index < -0.39 is 0 Å². The van der Waals surface area contributed by atoms with Crippen LogP contribution in [0.1, 0.15) is 13.3 Å². The SMILES string of the molecule is CCOC1=CC(=[N+]=[N-])CC=C1N(C)C. The van der Waals surface area contributed by atoms with E-state index in [1.807, 2.05) is 32.0 Å². The summed E-state index contributed by atoms with van der Waals surface area (Å²) in [5.74, 6) is 0.761. The van der Waals surface area contributed by atoms with Crippen molar-refractivity contribution in [2.24, 2.45) is 0 Å². The first kappa shape index (κ1) is 10.5. The summed E-state index contributed by atoms with van der Waals surface area (Å²) in [6.07, 6.45) is 4.39. The zero-order valence-electron chi connectivity index (χ0n) is 8.82. The molecule has 1 aliphatic rings. The molecule has 0 amide bonds. The average molecular weight is 193 g/mol. The highest BCUT2D eigenvalue weighted by atomic mass is 16.5. The highest BCUT2D eigenvalue weighted by Gasteiger charge is 2.18. The van der Waals surface area contributed by atoms with Crippen LogP contribution in [0.4, 0.5) is 0 Å². The molecule has 4 nitrogen and oxygen atoms in total. The lowest BCUT2D eigenvalue weighted by molar-refractivity contribution is -0.00591. The molecule has 14 heavy (non-hydrogen) atoms. The molecular weight excluding hydrogens is 178 g/mol. The fraction of sp³-hybridized carbons (Fsp3) is 0.500. The van der Waals surface area contributed by atoms with Gasteiger partial charge < -0.3 is 15.2 Å². The minimum atomic E-state index is 0.607. The molecule has 0 spiro atoms. The van der Waals surface area contributed by atoms with Gasteiger partial charge in [0.2, 0.25) is 0 Å². The van der Waals surface area contributed by atoms with Gasteiger partial charge >= 0.3 is 0 Å². The number of ether oxygens (including phenoxy) is 1. The Balaban J connectivity index is 2.94. The van der Waals surface area contributed by atoms with Gasteiger partial charge in [0.25, 0.3) is 5.71 Å². The van der Waals surface area contributed by atoms with Crippen LogP contribution in [0.3, 0.4) is 0 Å². The van der Waals surface area contributed by atoms with Gasteiger partial charge in [-0.05, 0) is 13.0 Å². The molecule has 0 aromatic rings. The number of likely N-dealkylation sites (N-methyl/N-ethyl adjacent to an activating group) is 1. The third kappa shape index (κ3) is 2.24. The van der Waals surface area contributed by atoms with Gasteiger partial charge in [0.05, 0.1) is 24.8 Å². The average Bonchev–Trinajstić information content (AvgIpc) is 2.17. The first-order valence-electron chi connectivity index (χ1n) is 4.62. The van der Waals surface area contributed by atoms with Gasteiger partial charge in [0.1, 0.15) is 5.76 Å². The second-order valence-electron chi connectivity index (χ2n) is 3.22. The lowest BCUT2D eigenvalue weighted by Gasteiger charge is -2.21. The molecule has 0 N–H and O–H groups in total. The van der Waals surface area contributed by atoms with Crippen molar-refractivity contribution < 1.29 is 9.53 Å². The fourth-order valence-corrected chi connectivity index (χ4v) is 1.33. The predicted octanol–water partition coefficient (Wildman–Crippen LogP) is 1.43. The fourth-order valence-electron chi connectivity index (χ4n) is 1.33. The normalized spacial score (nSPS) is 15.5. The number of hydrogen-bond donors (Lipinski definition) is 0. The number of hydrogen-bond acceptors (Lipinski definition) is 2. The quantitative estimate of drug-likeness (QED) is 0.503. The zero-order chi connectivity index (χ0) is 10.6. The van der Waals surface area contributed by atoms with E-state index >= 15 is 0 Å². The molecule has 0 aliphatic heterocycles. The maximum atomic E-state index is 8.65. The molecule has 0 atom stereocenters. The summed E-state index contributed by atoms with van der Waals surface area (Å²) in [5.41, 5.74) is 10.3. The molecule has 0 unspecified atom stereocenters. The van der Waals surface area contributed by atoms with E-state index in [2.05, 4.69) is 4.79 Å². The Kier molecular flexibility index (Phi) is 3.48. The standard InChI is InChI=1S/C10H15N3O/c1-4-14-10-7-8(12-11)5-6-9(10)13(2)3/h6-7H,4-5H2,1-3H3. The molecule has 0 saturated carbocycles. The Morgan fingerprint density at radius 3 is 2.79 bits per heavy atom. The summed E-state index contributed by atoms with van der Waals surface area (Å²) in [6, 6.07) is 0. The molecular formula is C10H15N3O. The maximum Gasteiger partial charge on any atom is 0.299 e. The summed E-state index contributed by atoms with van der Waals surface area (Å²) in [5, 5.41) is 0. The summed E-state index contributed by atoms with van der Waals surface area (Å²) in [6.45, 7) is 2.54. The van der Waals surface area contributed by atoms with E-state index in [0.717, 1.165) is 11.5 Å². The minimum absolute atomic E-state index is 0.607. The monoisotopic (exact) mass is 193 g/mol. The molecule has 0 aromatic heterocycles. The second kappa shape index (κ2) is 4.63. The third-order valence-electron chi connectivity index (χ3n) is 1.96. The maximum absolute atomic E-state index is 8.65. The molecule has 0 bridgehead atoms. The Bertz CT molecular complexity index is 322. The van der Waals surface area contributed by atoms with Crippen molar-refractivity contribution in [3.63, 3.8) is 0 Å². The van der Waals surface area contributed by atoms with Crippen LogP contribution in [-0.2, 0) is 4.74 Å². The van der Waals surface area contributed by atoms with Crippen molar-refractivity contribution in [1.82, 2.24) is 4.90 Å². The highest BCUT2D eigenvalue weighted by Crippen LogP contribution is 2.19. The number of allylic oxidation sites excluding steroid dienone is 2. The summed E-state index contributed by atoms with van der Waals surface area (Å²) in [7, 11) is 3.92. The molecule has 1 aliphatic carbocycles. The van der Waals surface area contributed by atoms with E-state index in [-0.39, 0.29) is 0 Å². The largest absolute Gasteiger partial charge is 0.491 e. The first-order chi connectivity index (χ1) is 6.69. The van der Waals surface area contributed by atoms with E-state index in [0.29, 0.717) is 18.7 Å². The van der Waals surface area contributed by atoms with Gasteiger partial charge in [0.15, 0.2) is 0 Å². The van der Waals surface area contributed by atoms with Crippen molar-refractivity contribution in [1.29, 1.82) is 0 Å². The lowest BCUT2D eigenvalue weighted by Crippen LogP contribution is -2.19. The van der Waals surface area contributed by atoms with Crippen molar-refractivity contribution in [2.45, 2.75) is 13.3 Å². The minimum Gasteiger partial charge on any atom is -0.491 e. The Morgan fingerprint density at radius 1 is 1.57 bits per heavy atom. The molecule has 1 rings (SSSR count). The van der Waals surface area contributed by atoms with Crippen LogP contribution in [0.2, 0.25) is 0 Å². The van der Waals surface area contributed by atoms with Gasteiger partial charge in [-0.3, -0.25) is 0 Å². The summed E-state index contributed by atoms with van der Waals surface area (Å²) >= 11 is 0. The topological polar surface area (TPSA) is 48.9 Å². The summed E-state index contributed by atoms with van der Waals surface area (Å²) < 4.78 is 5.45. The van der Waals surface area contributed by atoms with Crippen molar-refractivity contribution in [3.05, 3.63) is 29.1 Å². The zero-order valence-corrected chi connectivity index (χ0v) is 8.82. The van der Waals surface area contributed by atoms with Crippen LogP contribution in [0.5, 0.6) is 0 Å². The van der Waals surface area contributed by atoms with Crippen LogP contribution < -0.4 is 0 Å². The first-order valence-corrected chi connectivity index (χ1v) is 4.62. The smallest absolute Gasteiger partial charge is 0.299 e. The van der Waals surface area contributed by atoms with E-state index in [4.69, 9.17) is 10.3 Å². The number of nitrogens with zero attached hydrogens (tertiary/aromatic N) is 3. The number of rotatable bonds is 3. The van der Waals surface area contributed by atoms with Gasteiger partial charge in [-0.25, -0.2) is 0 Å². The van der Waals surface area contributed by atoms with Crippen molar-refractivity contribution >= 4 is 5.71 Å². The molecule has 0 heterocycles. The van der Waals surface area contributed by atoms with E-state index in [1.54, 1.807) is 6.08 Å². The van der Waals surface area contributed by atoms with Gasteiger partial charge in [-0.15, -0.1) is 0 Å². The molecule has 0 radical (unpaired) electrons. The Hall–Kier alpha value is -1.54. The third-order valence-corrected chi connectivity index (χ3v) is 1.96. The molecule has 0 fully saturated rings.